The van der Waals surface area contributed by atoms with E-state index in [0.29, 0.717) is 19.8 Å². The van der Waals surface area contributed by atoms with Gasteiger partial charge in [0.05, 0.1) is 19.8 Å². The lowest BCUT2D eigenvalue weighted by molar-refractivity contribution is 0.0924. The predicted molar refractivity (Wildman–Crippen MR) is 70.4 cm³/mol. The normalized spacial score (nSPS) is 18.7. The lowest BCUT2D eigenvalue weighted by atomic mass is 10.0. The summed E-state index contributed by atoms with van der Waals surface area (Å²) in [7, 11) is 0. The van der Waals surface area contributed by atoms with E-state index in [4.69, 9.17) is 9.84 Å². The van der Waals surface area contributed by atoms with Crippen molar-refractivity contribution in [2.75, 3.05) is 32.1 Å². The maximum atomic E-state index is 13.6. The Morgan fingerprint density at radius 2 is 2.33 bits per heavy atom. The van der Waals surface area contributed by atoms with Gasteiger partial charge >= 0.3 is 0 Å². The van der Waals surface area contributed by atoms with Crippen LogP contribution in [0.3, 0.4) is 0 Å². The minimum Gasteiger partial charge on any atom is -0.394 e. The summed E-state index contributed by atoms with van der Waals surface area (Å²) in [6.45, 7) is 1.70. The third-order valence-corrected chi connectivity index (χ3v) is 4.06. The van der Waals surface area contributed by atoms with E-state index in [9.17, 15) is 4.39 Å². The van der Waals surface area contributed by atoms with E-state index in [1.54, 1.807) is 17.8 Å². The van der Waals surface area contributed by atoms with Gasteiger partial charge in [-0.25, -0.2) is 4.39 Å². The molecule has 0 amide bonds. The summed E-state index contributed by atoms with van der Waals surface area (Å²) in [5.74, 6) is 0.809. The van der Waals surface area contributed by atoms with Crippen LogP contribution in [-0.4, -0.2) is 37.2 Å². The Morgan fingerprint density at radius 1 is 1.44 bits per heavy atom. The standard InChI is InChI=1S/C13H18FNO2S/c14-11-3-1-2-10-12(4-9-18-13(10)11)15-5-7-17-8-6-16/h1-3,12,15-16H,4-9H2. The van der Waals surface area contributed by atoms with Gasteiger partial charge in [-0.05, 0) is 23.8 Å². The average Bonchev–Trinajstić information content (AvgIpc) is 2.39. The smallest absolute Gasteiger partial charge is 0.137 e. The monoisotopic (exact) mass is 271 g/mol. The summed E-state index contributed by atoms with van der Waals surface area (Å²) >= 11 is 1.59. The van der Waals surface area contributed by atoms with Gasteiger partial charge in [0, 0.05) is 17.5 Å². The zero-order valence-electron chi connectivity index (χ0n) is 10.2. The van der Waals surface area contributed by atoms with Crippen LogP contribution in [0.5, 0.6) is 0 Å². The minimum absolute atomic E-state index is 0.0497. The summed E-state index contributed by atoms with van der Waals surface area (Å²) in [5, 5.41) is 12.0. The van der Waals surface area contributed by atoms with Gasteiger partial charge in [-0.15, -0.1) is 11.8 Å². The molecule has 1 aliphatic rings. The third kappa shape index (κ3) is 3.45. The van der Waals surface area contributed by atoms with Crippen molar-refractivity contribution in [3.8, 4) is 0 Å². The molecule has 0 bridgehead atoms. The third-order valence-electron chi connectivity index (χ3n) is 2.90. The van der Waals surface area contributed by atoms with E-state index < -0.39 is 0 Å². The molecule has 1 atom stereocenters. The van der Waals surface area contributed by atoms with Gasteiger partial charge < -0.3 is 15.2 Å². The van der Waals surface area contributed by atoms with Gasteiger partial charge in [0.1, 0.15) is 5.82 Å². The van der Waals surface area contributed by atoms with Gasteiger partial charge in [0.15, 0.2) is 0 Å². The highest BCUT2D eigenvalue weighted by atomic mass is 32.2. The number of aliphatic hydroxyl groups is 1. The molecule has 1 unspecified atom stereocenters. The number of fused-ring (bicyclic) bond motifs is 1. The van der Waals surface area contributed by atoms with Gasteiger partial charge in [0.25, 0.3) is 0 Å². The molecule has 2 N–H and O–H groups in total. The molecule has 0 fully saturated rings. The van der Waals surface area contributed by atoms with Gasteiger partial charge in [0.2, 0.25) is 0 Å². The van der Waals surface area contributed by atoms with Gasteiger partial charge in [-0.1, -0.05) is 12.1 Å². The van der Waals surface area contributed by atoms with Crippen LogP contribution in [0.2, 0.25) is 0 Å². The van der Waals surface area contributed by atoms with Crippen LogP contribution in [0.25, 0.3) is 0 Å². The predicted octanol–water partition coefficient (Wildman–Crippen LogP) is 1.96. The van der Waals surface area contributed by atoms with Crippen LogP contribution in [0.1, 0.15) is 18.0 Å². The van der Waals surface area contributed by atoms with Crippen molar-refractivity contribution in [3.05, 3.63) is 29.6 Å². The van der Waals surface area contributed by atoms with Crippen molar-refractivity contribution >= 4 is 11.8 Å². The summed E-state index contributed by atoms with van der Waals surface area (Å²) in [4.78, 5) is 0.775. The molecule has 0 saturated carbocycles. The quantitative estimate of drug-likeness (QED) is 0.776. The van der Waals surface area contributed by atoms with Crippen molar-refractivity contribution in [1.82, 2.24) is 5.32 Å². The van der Waals surface area contributed by atoms with Crippen molar-refractivity contribution in [3.63, 3.8) is 0 Å². The minimum atomic E-state index is -0.125. The number of hydrogen-bond donors (Lipinski definition) is 2. The van der Waals surface area contributed by atoms with E-state index in [2.05, 4.69) is 5.32 Å². The van der Waals surface area contributed by atoms with Crippen LogP contribution in [0, 0.1) is 5.82 Å². The molecule has 1 aromatic rings. The van der Waals surface area contributed by atoms with E-state index >= 15 is 0 Å². The fraction of sp³-hybridized carbons (Fsp3) is 0.538. The molecule has 1 heterocycles. The second kappa shape index (κ2) is 7.09. The number of benzene rings is 1. The highest BCUT2D eigenvalue weighted by molar-refractivity contribution is 7.99. The molecule has 0 saturated heterocycles. The van der Waals surface area contributed by atoms with Gasteiger partial charge in [-0.2, -0.15) is 0 Å². The first-order valence-electron chi connectivity index (χ1n) is 6.16. The lowest BCUT2D eigenvalue weighted by Crippen LogP contribution is -2.28. The number of nitrogens with one attached hydrogen (secondary N) is 1. The average molecular weight is 271 g/mol. The van der Waals surface area contributed by atoms with Crippen LogP contribution in [0.4, 0.5) is 4.39 Å². The molecular formula is C13H18FNO2S. The first-order chi connectivity index (χ1) is 8.83. The molecule has 5 heteroatoms. The largest absolute Gasteiger partial charge is 0.394 e. The van der Waals surface area contributed by atoms with Crippen LogP contribution in [-0.2, 0) is 4.74 Å². The number of hydrogen-bond acceptors (Lipinski definition) is 4. The van der Waals surface area contributed by atoms with Crippen LogP contribution >= 0.6 is 11.8 Å². The van der Waals surface area contributed by atoms with E-state index in [0.717, 1.165) is 22.6 Å². The number of aliphatic hydroxyl groups excluding tert-OH is 1. The lowest BCUT2D eigenvalue weighted by Gasteiger charge is -2.26. The van der Waals surface area contributed by atoms with Crippen molar-refractivity contribution in [2.24, 2.45) is 0 Å². The summed E-state index contributed by atoms with van der Waals surface area (Å²) in [6.07, 6.45) is 1.00. The first kappa shape index (κ1) is 13.8. The highest BCUT2D eigenvalue weighted by Crippen LogP contribution is 2.37. The molecule has 0 aliphatic carbocycles. The van der Waals surface area contributed by atoms with E-state index in [1.807, 2.05) is 6.07 Å². The first-order valence-corrected chi connectivity index (χ1v) is 7.14. The van der Waals surface area contributed by atoms with Gasteiger partial charge in [-0.3, -0.25) is 0 Å². The molecule has 100 valence electrons. The molecule has 3 nitrogen and oxygen atoms in total. The van der Waals surface area contributed by atoms with Crippen molar-refractivity contribution in [1.29, 1.82) is 0 Å². The second-order valence-corrected chi connectivity index (χ2v) is 5.24. The Balaban J connectivity index is 1.90. The fourth-order valence-corrected chi connectivity index (χ4v) is 3.21. The Kier molecular flexibility index (Phi) is 5.44. The Labute approximate surface area is 111 Å². The zero-order chi connectivity index (χ0) is 12.8. The molecule has 0 spiro atoms. The number of rotatable bonds is 6. The number of halogens is 1. The Hall–Kier alpha value is -0.620. The van der Waals surface area contributed by atoms with Crippen LogP contribution in [0.15, 0.2) is 23.1 Å². The number of thioether (sulfide) groups is 1. The fourth-order valence-electron chi connectivity index (χ4n) is 2.07. The van der Waals surface area contributed by atoms with E-state index in [-0.39, 0.29) is 18.5 Å². The maximum Gasteiger partial charge on any atom is 0.137 e. The molecule has 2 rings (SSSR count). The SMILES string of the molecule is OCCOCCNC1CCSc2c(F)cccc21. The summed E-state index contributed by atoms with van der Waals surface area (Å²) in [6, 6.07) is 5.46. The topological polar surface area (TPSA) is 41.5 Å². The van der Waals surface area contributed by atoms with Crippen LogP contribution < -0.4 is 5.32 Å². The second-order valence-electron chi connectivity index (χ2n) is 4.14. The molecule has 0 radical (unpaired) electrons. The molecule has 18 heavy (non-hydrogen) atoms. The summed E-state index contributed by atoms with van der Waals surface area (Å²) in [5.41, 5.74) is 1.05. The zero-order valence-corrected chi connectivity index (χ0v) is 11.0. The summed E-state index contributed by atoms with van der Waals surface area (Å²) < 4.78 is 18.8. The van der Waals surface area contributed by atoms with Crippen molar-refractivity contribution < 1.29 is 14.2 Å². The molecular weight excluding hydrogens is 253 g/mol. The highest BCUT2D eigenvalue weighted by Gasteiger charge is 2.22. The number of ether oxygens (including phenoxy) is 1. The Morgan fingerprint density at radius 3 is 3.17 bits per heavy atom. The van der Waals surface area contributed by atoms with E-state index in [1.165, 1.54) is 6.07 Å². The van der Waals surface area contributed by atoms with Crippen molar-refractivity contribution in [2.45, 2.75) is 17.4 Å². The Bertz CT molecular complexity index is 389. The molecule has 1 aliphatic heterocycles. The molecule has 0 aromatic heterocycles. The maximum absolute atomic E-state index is 13.6. The molecule has 1 aromatic carbocycles.